The first-order valence-electron chi connectivity index (χ1n) is 14.9. The van der Waals surface area contributed by atoms with Gasteiger partial charge in [0, 0.05) is 6.42 Å². The van der Waals surface area contributed by atoms with E-state index in [2.05, 4.69) is 13.8 Å². The van der Waals surface area contributed by atoms with Crippen molar-refractivity contribution in [3.63, 3.8) is 0 Å². The third-order valence-electron chi connectivity index (χ3n) is 7.15. The molecular weight excluding hydrogens is 392 g/mol. The lowest BCUT2D eigenvalue weighted by atomic mass is 9.91. The molecule has 2 nitrogen and oxygen atoms in total. The molecule has 0 saturated heterocycles. The predicted molar refractivity (Wildman–Crippen MR) is 143 cm³/mol. The van der Waals surface area contributed by atoms with E-state index >= 15 is 0 Å². The molecule has 0 amide bonds. The fourth-order valence-corrected chi connectivity index (χ4v) is 4.97. The van der Waals surface area contributed by atoms with Crippen LogP contribution >= 0.6 is 0 Å². The highest BCUT2D eigenvalue weighted by Gasteiger charge is 2.12. The molecule has 0 radical (unpaired) electrons. The van der Waals surface area contributed by atoms with E-state index < -0.39 is 5.97 Å². The van der Waals surface area contributed by atoms with Gasteiger partial charge in [-0.1, -0.05) is 162 Å². The smallest absolute Gasteiger partial charge is 0.303 e. The average molecular weight is 453 g/mol. The maximum absolute atomic E-state index is 11.2. The molecule has 1 atom stereocenters. The molecule has 0 aromatic rings. The number of rotatable bonds is 27. The molecule has 2 heteroatoms. The lowest BCUT2D eigenvalue weighted by Gasteiger charge is -2.14. The third-order valence-corrected chi connectivity index (χ3v) is 7.15. The highest BCUT2D eigenvalue weighted by atomic mass is 16.4. The Bertz CT molecular complexity index is 366. The van der Waals surface area contributed by atoms with E-state index in [0.717, 1.165) is 12.8 Å². The zero-order valence-corrected chi connectivity index (χ0v) is 22.3. The second-order valence-electron chi connectivity index (χ2n) is 10.5. The third kappa shape index (κ3) is 25.7. The Labute approximate surface area is 202 Å². The van der Waals surface area contributed by atoms with Crippen LogP contribution in [-0.2, 0) is 4.79 Å². The van der Waals surface area contributed by atoms with E-state index in [1.807, 2.05) is 0 Å². The largest absolute Gasteiger partial charge is 0.481 e. The molecule has 0 rings (SSSR count). The monoisotopic (exact) mass is 452 g/mol. The second-order valence-corrected chi connectivity index (χ2v) is 10.5. The van der Waals surface area contributed by atoms with Crippen LogP contribution in [0.15, 0.2) is 0 Å². The van der Waals surface area contributed by atoms with Gasteiger partial charge in [-0.3, -0.25) is 4.79 Å². The number of hydrogen-bond acceptors (Lipinski definition) is 1. The maximum atomic E-state index is 11.2. The summed E-state index contributed by atoms with van der Waals surface area (Å²) in [4.78, 5) is 11.2. The van der Waals surface area contributed by atoms with Gasteiger partial charge in [0.05, 0.1) is 0 Å². The van der Waals surface area contributed by atoms with E-state index in [-0.39, 0.29) is 0 Å². The van der Waals surface area contributed by atoms with Crippen LogP contribution in [-0.4, -0.2) is 11.1 Å². The topological polar surface area (TPSA) is 37.3 Å². The van der Waals surface area contributed by atoms with Gasteiger partial charge in [0.25, 0.3) is 0 Å². The highest BCUT2D eigenvalue weighted by molar-refractivity contribution is 5.66. The van der Waals surface area contributed by atoms with E-state index in [1.165, 1.54) is 148 Å². The highest BCUT2D eigenvalue weighted by Crippen LogP contribution is 2.22. The van der Waals surface area contributed by atoms with E-state index in [0.29, 0.717) is 12.3 Å². The summed E-state index contributed by atoms with van der Waals surface area (Å²) < 4.78 is 0. The summed E-state index contributed by atoms with van der Waals surface area (Å²) in [6, 6.07) is 0. The molecule has 1 N–H and O–H groups in total. The maximum Gasteiger partial charge on any atom is 0.303 e. The van der Waals surface area contributed by atoms with Crippen molar-refractivity contribution in [3.8, 4) is 0 Å². The summed E-state index contributed by atoms with van der Waals surface area (Å²) in [6.45, 7) is 4.55. The van der Waals surface area contributed by atoms with E-state index in [4.69, 9.17) is 0 Å². The molecule has 0 aliphatic heterocycles. The molecule has 0 aromatic carbocycles. The SMILES string of the molecule is CCCCCCCCCCCCCCCC[C@H](CCCCCCCCCCC)CC(=O)O. The lowest BCUT2D eigenvalue weighted by molar-refractivity contribution is -0.138. The minimum atomic E-state index is -0.601. The minimum Gasteiger partial charge on any atom is -0.481 e. The first kappa shape index (κ1) is 31.5. The summed E-state index contributed by atoms with van der Waals surface area (Å²) in [5, 5.41) is 9.24. The van der Waals surface area contributed by atoms with Crippen molar-refractivity contribution in [2.45, 2.75) is 181 Å². The predicted octanol–water partition coefficient (Wildman–Crippen LogP) is 10.9. The standard InChI is InChI=1S/C30H60O2/c1-3-5-7-9-11-13-14-15-16-17-19-21-23-25-27-29(28-30(31)32)26-24-22-20-18-12-10-8-6-4-2/h29H,3-28H2,1-2H3,(H,31,32)/t29-/m0/s1. The number of carboxylic acid groups (broad SMARTS) is 1. The Morgan fingerprint density at radius 1 is 0.469 bits per heavy atom. The molecule has 0 aliphatic rings. The fraction of sp³-hybridized carbons (Fsp3) is 0.967. The molecule has 32 heavy (non-hydrogen) atoms. The summed E-state index contributed by atoms with van der Waals surface area (Å²) in [5.74, 6) is -0.189. The van der Waals surface area contributed by atoms with Crippen molar-refractivity contribution >= 4 is 5.97 Å². The number of aliphatic carboxylic acids is 1. The molecule has 0 saturated carbocycles. The molecule has 0 spiro atoms. The summed E-state index contributed by atoms with van der Waals surface area (Å²) in [5.41, 5.74) is 0. The van der Waals surface area contributed by atoms with Gasteiger partial charge in [0.1, 0.15) is 0 Å². The van der Waals surface area contributed by atoms with Crippen molar-refractivity contribution in [3.05, 3.63) is 0 Å². The van der Waals surface area contributed by atoms with Gasteiger partial charge in [-0.2, -0.15) is 0 Å². The molecule has 192 valence electrons. The molecule has 0 unspecified atom stereocenters. The van der Waals surface area contributed by atoms with Crippen LogP contribution in [0.25, 0.3) is 0 Å². The average Bonchev–Trinajstić information content (AvgIpc) is 2.77. The number of carboxylic acids is 1. The van der Waals surface area contributed by atoms with Crippen LogP contribution in [0.2, 0.25) is 0 Å². The van der Waals surface area contributed by atoms with Gasteiger partial charge in [-0.05, 0) is 18.8 Å². The van der Waals surface area contributed by atoms with Crippen molar-refractivity contribution in [2.75, 3.05) is 0 Å². The van der Waals surface area contributed by atoms with Crippen molar-refractivity contribution in [1.82, 2.24) is 0 Å². The first-order chi connectivity index (χ1) is 15.7. The Balaban J connectivity index is 3.50. The van der Waals surface area contributed by atoms with Gasteiger partial charge in [-0.25, -0.2) is 0 Å². The Morgan fingerprint density at radius 3 is 0.969 bits per heavy atom. The van der Waals surface area contributed by atoms with Gasteiger partial charge < -0.3 is 5.11 Å². The van der Waals surface area contributed by atoms with E-state index in [1.54, 1.807) is 0 Å². The van der Waals surface area contributed by atoms with Crippen molar-refractivity contribution < 1.29 is 9.90 Å². The molecular formula is C30H60O2. The Hall–Kier alpha value is -0.530. The van der Waals surface area contributed by atoms with Gasteiger partial charge in [0.15, 0.2) is 0 Å². The van der Waals surface area contributed by atoms with Gasteiger partial charge in [-0.15, -0.1) is 0 Å². The summed E-state index contributed by atoms with van der Waals surface area (Å²) in [7, 11) is 0. The zero-order valence-electron chi connectivity index (χ0n) is 22.3. The summed E-state index contributed by atoms with van der Waals surface area (Å²) in [6.07, 6.45) is 34.2. The quantitative estimate of drug-likeness (QED) is 0.126. The van der Waals surface area contributed by atoms with Crippen LogP contribution < -0.4 is 0 Å². The van der Waals surface area contributed by atoms with Gasteiger partial charge in [0.2, 0.25) is 0 Å². The zero-order chi connectivity index (χ0) is 23.5. The molecule has 0 aliphatic carbocycles. The van der Waals surface area contributed by atoms with E-state index in [9.17, 15) is 9.90 Å². The Morgan fingerprint density at radius 2 is 0.719 bits per heavy atom. The normalized spacial score (nSPS) is 12.3. The number of carbonyl (C=O) groups is 1. The first-order valence-corrected chi connectivity index (χ1v) is 14.9. The molecule has 0 aromatic heterocycles. The number of unbranched alkanes of at least 4 members (excludes halogenated alkanes) is 21. The molecule has 0 heterocycles. The fourth-order valence-electron chi connectivity index (χ4n) is 4.97. The van der Waals surface area contributed by atoms with Crippen molar-refractivity contribution in [2.24, 2.45) is 5.92 Å². The van der Waals surface area contributed by atoms with Crippen LogP contribution in [0.1, 0.15) is 181 Å². The molecule has 0 fully saturated rings. The summed E-state index contributed by atoms with van der Waals surface area (Å²) >= 11 is 0. The minimum absolute atomic E-state index is 0.384. The van der Waals surface area contributed by atoms with Crippen LogP contribution in [0.5, 0.6) is 0 Å². The Kier molecular flexibility index (Phi) is 26.3. The molecule has 0 bridgehead atoms. The number of hydrogen-bond donors (Lipinski definition) is 1. The second kappa shape index (κ2) is 26.7. The lowest BCUT2D eigenvalue weighted by Crippen LogP contribution is -2.08. The van der Waals surface area contributed by atoms with Crippen molar-refractivity contribution in [1.29, 1.82) is 0 Å². The van der Waals surface area contributed by atoms with Crippen LogP contribution in [0, 0.1) is 5.92 Å². The van der Waals surface area contributed by atoms with Crippen LogP contribution in [0.4, 0.5) is 0 Å². The van der Waals surface area contributed by atoms with Gasteiger partial charge >= 0.3 is 5.97 Å². The van der Waals surface area contributed by atoms with Crippen LogP contribution in [0.3, 0.4) is 0 Å².